The van der Waals surface area contributed by atoms with Gasteiger partial charge in [0.05, 0.1) is 5.69 Å². The highest BCUT2D eigenvalue weighted by Gasteiger charge is 2.23. The van der Waals surface area contributed by atoms with E-state index in [-0.39, 0.29) is 18.6 Å². The first-order valence-electron chi connectivity index (χ1n) is 6.52. The highest BCUT2D eigenvalue weighted by atomic mass is 16.5. The van der Waals surface area contributed by atoms with Gasteiger partial charge in [-0.05, 0) is 44.8 Å². The molecule has 0 spiro atoms. The van der Waals surface area contributed by atoms with Crippen LogP contribution >= 0.6 is 0 Å². The fourth-order valence-electron chi connectivity index (χ4n) is 2.27. The first-order chi connectivity index (χ1) is 9.17. The molecule has 5 heteroatoms. The van der Waals surface area contributed by atoms with Crippen molar-refractivity contribution in [3.05, 3.63) is 23.8 Å². The normalized spacial score (nSPS) is 15.9. The lowest BCUT2D eigenvalue weighted by molar-refractivity contribution is -0.120. The summed E-state index contributed by atoms with van der Waals surface area (Å²) in [6, 6.07) is 6.29. The van der Waals surface area contributed by atoms with Crippen molar-refractivity contribution in [2.45, 2.75) is 12.5 Å². The summed E-state index contributed by atoms with van der Waals surface area (Å²) < 4.78 is 5.43. The highest BCUT2D eigenvalue weighted by Crippen LogP contribution is 2.34. The number of carbonyl (C=O) groups excluding carboxylic acids is 1. The summed E-state index contributed by atoms with van der Waals surface area (Å²) in [5.41, 5.74) is 2.01. The van der Waals surface area contributed by atoms with Crippen molar-refractivity contribution >= 4 is 11.6 Å². The Morgan fingerprint density at radius 2 is 2.21 bits per heavy atom. The van der Waals surface area contributed by atoms with E-state index in [1.165, 1.54) is 5.56 Å². The van der Waals surface area contributed by atoms with Gasteiger partial charge in [-0.2, -0.15) is 0 Å². The van der Waals surface area contributed by atoms with E-state index in [4.69, 9.17) is 4.74 Å². The van der Waals surface area contributed by atoms with Crippen LogP contribution in [-0.2, 0) is 4.79 Å². The van der Waals surface area contributed by atoms with E-state index in [1.807, 2.05) is 26.2 Å². The van der Waals surface area contributed by atoms with Gasteiger partial charge in [-0.3, -0.25) is 4.79 Å². The second-order valence-electron chi connectivity index (χ2n) is 4.70. The summed E-state index contributed by atoms with van der Waals surface area (Å²) in [5, 5.41) is 6.45. The molecule has 19 heavy (non-hydrogen) atoms. The van der Waals surface area contributed by atoms with Crippen LogP contribution in [0.25, 0.3) is 0 Å². The molecule has 0 saturated carbocycles. The number of nitrogens with one attached hydrogen (secondary N) is 2. The number of hydrogen-bond donors (Lipinski definition) is 2. The molecule has 1 amide bonds. The lowest BCUT2D eigenvalue weighted by Crippen LogP contribution is -2.35. The first-order valence-corrected chi connectivity index (χ1v) is 6.52. The van der Waals surface area contributed by atoms with Crippen molar-refractivity contribution in [3.8, 4) is 5.75 Å². The van der Waals surface area contributed by atoms with E-state index in [2.05, 4.69) is 16.7 Å². The minimum absolute atomic E-state index is 0.0131. The largest absolute Gasteiger partial charge is 0.482 e. The third-order valence-electron chi connectivity index (χ3n) is 3.50. The summed E-state index contributed by atoms with van der Waals surface area (Å²) in [6.07, 6.45) is 0.990. The molecule has 0 aliphatic carbocycles. The zero-order valence-corrected chi connectivity index (χ0v) is 11.7. The molecule has 2 N–H and O–H groups in total. The summed E-state index contributed by atoms with van der Waals surface area (Å²) in [4.78, 5) is 13.3. The Kier molecular flexibility index (Phi) is 4.39. The molecule has 0 radical (unpaired) electrons. The molecule has 0 aromatic heterocycles. The monoisotopic (exact) mass is 263 g/mol. The van der Waals surface area contributed by atoms with Crippen LogP contribution in [0.2, 0.25) is 0 Å². The van der Waals surface area contributed by atoms with Gasteiger partial charge in [0.15, 0.2) is 6.61 Å². The highest BCUT2D eigenvalue weighted by molar-refractivity contribution is 5.97. The lowest BCUT2D eigenvalue weighted by Gasteiger charge is -2.27. The molecule has 5 nitrogen and oxygen atoms in total. The molecule has 104 valence electrons. The molecule has 0 saturated heterocycles. The smallest absolute Gasteiger partial charge is 0.264 e. The van der Waals surface area contributed by atoms with Gasteiger partial charge < -0.3 is 20.3 Å². The number of likely N-dealkylation sites (N-methyl/N-ethyl adjacent to an activating group) is 1. The van der Waals surface area contributed by atoms with Crippen LogP contribution in [0.1, 0.15) is 18.0 Å². The van der Waals surface area contributed by atoms with Crippen LogP contribution in [0, 0.1) is 0 Å². The zero-order valence-electron chi connectivity index (χ0n) is 11.7. The predicted octanol–water partition coefficient (Wildman–Crippen LogP) is 0.912. The molecule has 2 rings (SSSR count). The Labute approximate surface area is 113 Å². The Morgan fingerprint density at radius 3 is 2.89 bits per heavy atom. The van der Waals surface area contributed by atoms with Crippen molar-refractivity contribution < 1.29 is 9.53 Å². The van der Waals surface area contributed by atoms with Crippen molar-refractivity contribution in [1.82, 2.24) is 10.6 Å². The molecule has 1 aliphatic rings. The molecule has 0 bridgehead atoms. The predicted molar refractivity (Wildman–Crippen MR) is 75.7 cm³/mol. The molecular formula is C14H21N3O2. The third kappa shape index (κ3) is 2.88. The topological polar surface area (TPSA) is 53.6 Å². The minimum Gasteiger partial charge on any atom is -0.482 e. The minimum atomic E-state index is -0.0131. The third-order valence-corrected chi connectivity index (χ3v) is 3.50. The number of nitrogens with zero attached hydrogens (tertiary/aromatic N) is 1. The molecule has 1 atom stereocenters. The fraction of sp³-hybridized carbons (Fsp3) is 0.500. The molecule has 1 aromatic carbocycles. The summed E-state index contributed by atoms with van der Waals surface area (Å²) in [5.74, 6) is 0.759. The van der Waals surface area contributed by atoms with Crippen LogP contribution in [0.15, 0.2) is 18.2 Å². The van der Waals surface area contributed by atoms with Crippen molar-refractivity contribution in [2.24, 2.45) is 0 Å². The van der Waals surface area contributed by atoms with E-state index in [9.17, 15) is 4.79 Å². The van der Waals surface area contributed by atoms with E-state index < -0.39 is 0 Å². The van der Waals surface area contributed by atoms with Crippen molar-refractivity contribution in [1.29, 1.82) is 0 Å². The quantitative estimate of drug-likeness (QED) is 0.829. The van der Waals surface area contributed by atoms with Crippen LogP contribution in [-0.4, -0.2) is 40.2 Å². The first kappa shape index (κ1) is 13.8. The average Bonchev–Trinajstić information content (AvgIpc) is 2.44. The lowest BCUT2D eigenvalue weighted by atomic mass is 10.0. The second kappa shape index (κ2) is 6.04. The zero-order chi connectivity index (χ0) is 13.8. The van der Waals surface area contributed by atoms with Gasteiger partial charge >= 0.3 is 0 Å². The molecule has 0 fully saturated rings. The number of rotatable bonds is 5. The molecule has 1 heterocycles. The van der Waals surface area contributed by atoms with Gasteiger partial charge in [0, 0.05) is 13.1 Å². The van der Waals surface area contributed by atoms with Crippen LogP contribution in [0.3, 0.4) is 0 Å². The second-order valence-corrected chi connectivity index (χ2v) is 4.70. The van der Waals surface area contributed by atoms with Crippen LogP contribution in [0.5, 0.6) is 5.75 Å². The number of amides is 1. The summed E-state index contributed by atoms with van der Waals surface area (Å²) >= 11 is 0. The maximum atomic E-state index is 11.7. The van der Waals surface area contributed by atoms with E-state index in [0.29, 0.717) is 0 Å². The van der Waals surface area contributed by atoms with Gasteiger partial charge in [-0.15, -0.1) is 0 Å². The Balaban J connectivity index is 2.26. The Morgan fingerprint density at radius 1 is 1.42 bits per heavy atom. The number of fused-ring (bicyclic) bond motifs is 1. The standard InChI is InChI=1S/C14H21N3O2/c1-15-7-6-11(16-2)10-4-5-13-12(8-10)17(3)14(18)9-19-13/h4-5,8,11,15-16H,6-7,9H2,1-3H3. The maximum Gasteiger partial charge on any atom is 0.264 e. The van der Waals surface area contributed by atoms with E-state index >= 15 is 0 Å². The number of carbonyl (C=O) groups is 1. The molecular weight excluding hydrogens is 242 g/mol. The van der Waals surface area contributed by atoms with Crippen LogP contribution in [0.4, 0.5) is 5.69 Å². The molecule has 1 aliphatic heterocycles. The fourth-order valence-corrected chi connectivity index (χ4v) is 2.27. The van der Waals surface area contributed by atoms with E-state index in [1.54, 1.807) is 11.9 Å². The number of benzene rings is 1. The Hall–Kier alpha value is -1.59. The number of anilines is 1. The number of hydrogen-bond acceptors (Lipinski definition) is 4. The van der Waals surface area contributed by atoms with Crippen molar-refractivity contribution in [2.75, 3.05) is 39.2 Å². The SMILES string of the molecule is CNCCC(NC)c1ccc2c(c1)N(C)C(=O)CO2. The maximum absolute atomic E-state index is 11.7. The van der Waals surface area contributed by atoms with Gasteiger partial charge in [0.2, 0.25) is 0 Å². The van der Waals surface area contributed by atoms with Gasteiger partial charge in [-0.25, -0.2) is 0 Å². The molecule has 1 unspecified atom stereocenters. The summed E-state index contributed by atoms with van der Waals surface area (Å²) in [7, 11) is 5.68. The van der Waals surface area contributed by atoms with Crippen molar-refractivity contribution in [3.63, 3.8) is 0 Å². The summed E-state index contributed by atoms with van der Waals surface area (Å²) in [6.45, 7) is 1.06. The Bertz CT molecular complexity index is 462. The van der Waals surface area contributed by atoms with Gasteiger partial charge in [-0.1, -0.05) is 6.07 Å². The van der Waals surface area contributed by atoms with Crippen LogP contribution < -0.4 is 20.3 Å². The van der Waals surface area contributed by atoms with Gasteiger partial charge in [0.1, 0.15) is 5.75 Å². The molecule has 1 aromatic rings. The number of ether oxygens (including phenoxy) is 1. The van der Waals surface area contributed by atoms with E-state index in [0.717, 1.165) is 24.4 Å². The average molecular weight is 263 g/mol. The van der Waals surface area contributed by atoms with Gasteiger partial charge in [0.25, 0.3) is 5.91 Å².